The highest BCUT2D eigenvalue weighted by Crippen LogP contribution is 2.44. The minimum atomic E-state index is 1.16. The molecule has 0 radical (unpaired) electrons. The minimum Gasteiger partial charge on any atom is -0.354 e. The van der Waals surface area contributed by atoms with Crippen LogP contribution in [-0.4, -0.2) is 9.55 Å². The zero-order valence-corrected chi connectivity index (χ0v) is 25.0. The van der Waals surface area contributed by atoms with E-state index in [-0.39, 0.29) is 0 Å². The summed E-state index contributed by atoms with van der Waals surface area (Å²) >= 11 is 0. The predicted octanol–water partition coefficient (Wildman–Crippen LogP) is 12.1. The Labute approximate surface area is 265 Å². The van der Waals surface area contributed by atoms with E-state index in [2.05, 4.69) is 173 Å². The molecule has 0 saturated carbocycles. The van der Waals surface area contributed by atoms with Gasteiger partial charge in [-0.2, -0.15) is 0 Å². The second-order valence-electron chi connectivity index (χ2n) is 12.2. The Bertz CT molecular complexity index is 2800. The maximum Gasteiger partial charge on any atom is 0.0619 e. The van der Waals surface area contributed by atoms with Crippen molar-refractivity contribution >= 4 is 65.2 Å². The van der Waals surface area contributed by atoms with Crippen LogP contribution in [0.3, 0.4) is 0 Å². The van der Waals surface area contributed by atoms with Crippen LogP contribution < -0.4 is 0 Å². The summed E-state index contributed by atoms with van der Waals surface area (Å²) < 4.78 is 2.43. The lowest BCUT2D eigenvalue weighted by Crippen LogP contribution is -1.94. The molecule has 2 aromatic heterocycles. The first-order valence-corrected chi connectivity index (χ1v) is 15.9. The van der Waals surface area contributed by atoms with Crippen molar-refractivity contribution in [1.29, 1.82) is 0 Å². The van der Waals surface area contributed by atoms with Crippen molar-refractivity contribution in [3.05, 3.63) is 164 Å². The van der Waals surface area contributed by atoms with Gasteiger partial charge in [0.05, 0.1) is 11.0 Å². The zero-order valence-electron chi connectivity index (χ0n) is 25.0. The second kappa shape index (κ2) is 9.69. The third-order valence-corrected chi connectivity index (χ3v) is 9.72. The van der Waals surface area contributed by atoms with Crippen LogP contribution >= 0.6 is 0 Å². The molecule has 2 heteroatoms. The number of aromatic nitrogens is 2. The first kappa shape index (κ1) is 25.2. The number of H-pyrrole nitrogens is 1. The molecule has 46 heavy (non-hydrogen) atoms. The Morgan fingerprint density at radius 2 is 0.935 bits per heavy atom. The highest BCUT2D eigenvalue weighted by atomic mass is 15.0. The fraction of sp³-hybridized carbons (Fsp3) is 0. The third-order valence-electron chi connectivity index (χ3n) is 9.72. The fourth-order valence-electron chi connectivity index (χ4n) is 7.70. The van der Waals surface area contributed by atoms with Crippen LogP contribution in [0.1, 0.15) is 0 Å². The molecule has 2 heterocycles. The van der Waals surface area contributed by atoms with Crippen LogP contribution in [0.2, 0.25) is 0 Å². The van der Waals surface area contributed by atoms with Gasteiger partial charge in [-0.3, -0.25) is 0 Å². The normalized spacial score (nSPS) is 11.9. The first-order valence-electron chi connectivity index (χ1n) is 15.9. The first-order chi connectivity index (χ1) is 22.8. The number of fused-ring (bicyclic) bond motifs is 9. The highest BCUT2D eigenvalue weighted by Gasteiger charge is 2.19. The van der Waals surface area contributed by atoms with Crippen LogP contribution in [0.5, 0.6) is 0 Å². The Morgan fingerprint density at radius 3 is 1.74 bits per heavy atom. The van der Waals surface area contributed by atoms with Crippen molar-refractivity contribution in [3.63, 3.8) is 0 Å². The third kappa shape index (κ3) is 3.59. The molecular formula is C44H28N2. The molecule has 214 valence electrons. The minimum absolute atomic E-state index is 1.16. The number of nitrogens with zero attached hydrogens (tertiary/aromatic N) is 1. The summed E-state index contributed by atoms with van der Waals surface area (Å²) in [4.78, 5) is 3.64. The van der Waals surface area contributed by atoms with Gasteiger partial charge in [-0.05, 0) is 74.8 Å². The summed E-state index contributed by atoms with van der Waals surface area (Å²) in [6.07, 6.45) is 0. The van der Waals surface area contributed by atoms with Gasteiger partial charge in [0, 0.05) is 43.7 Å². The Kier molecular flexibility index (Phi) is 5.31. The zero-order chi connectivity index (χ0) is 30.2. The maximum atomic E-state index is 3.64. The van der Waals surface area contributed by atoms with Crippen LogP contribution in [0, 0.1) is 0 Å². The van der Waals surface area contributed by atoms with E-state index in [4.69, 9.17) is 0 Å². The van der Waals surface area contributed by atoms with Gasteiger partial charge in [0.15, 0.2) is 0 Å². The van der Waals surface area contributed by atoms with Crippen LogP contribution in [0.15, 0.2) is 164 Å². The number of aromatic amines is 1. The smallest absolute Gasteiger partial charge is 0.0619 e. The lowest BCUT2D eigenvalue weighted by Gasteiger charge is -2.16. The molecule has 10 aromatic rings. The second-order valence-corrected chi connectivity index (χ2v) is 12.2. The molecule has 0 unspecified atom stereocenters. The SMILES string of the molecule is c1ccc(-n2c3ccccc3c3cc(-c4ccc(-c5ccc6c(c5)[nH]c5ccccc56)c5ccccc45)c4ccccc4c32)cc1. The summed E-state index contributed by atoms with van der Waals surface area (Å²) in [5.74, 6) is 0. The Hall–Kier alpha value is -6.12. The van der Waals surface area contributed by atoms with Crippen LogP contribution in [-0.2, 0) is 0 Å². The molecule has 0 aliphatic rings. The molecule has 2 nitrogen and oxygen atoms in total. The van der Waals surface area contributed by atoms with Crippen molar-refractivity contribution < 1.29 is 0 Å². The molecule has 0 amide bonds. The fourth-order valence-corrected chi connectivity index (χ4v) is 7.70. The number of hydrogen-bond donors (Lipinski definition) is 1. The standard InChI is InChI=1S/C44H28N2/c1-2-12-29(13-3-1)46-43-21-11-9-18-37(43)40-27-39(33-16-6-7-19-38(33)44(40)46)34-25-24-30(31-14-4-5-15-32(31)34)28-22-23-36-35-17-8-10-20-41(35)45-42(36)26-28/h1-27,45H. The number of rotatable bonds is 3. The van der Waals surface area contributed by atoms with E-state index >= 15 is 0 Å². The van der Waals surface area contributed by atoms with Gasteiger partial charge in [0.2, 0.25) is 0 Å². The van der Waals surface area contributed by atoms with E-state index in [9.17, 15) is 0 Å². The molecule has 0 atom stereocenters. The van der Waals surface area contributed by atoms with Crippen molar-refractivity contribution in [1.82, 2.24) is 9.55 Å². The van der Waals surface area contributed by atoms with Crippen molar-refractivity contribution in [3.8, 4) is 27.9 Å². The Morgan fingerprint density at radius 1 is 0.348 bits per heavy atom. The monoisotopic (exact) mass is 584 g/mol. The predicted molar refractivity (Wildman–Crippen MR) is 196 cm³/mol. The average molecular weight is 585 g/mol. The average Bonchev–Trinajstić information content (AvgIpc) is 3.67. The number of nitrogens with one attached hydrogen (secondary N) is 1. The summed E-state index contributed by atoms with van der Waals surface area (Å²) in [7, 11) is 0. The van der Waals surface area contributed by atoms with Gasteiger partial charge < -0.3 is 9.55 Å². The summed E-state index contributed by atoms with van der Waals surface area (Å²) in [5.41, 5.74) is 10.9. The van der Waals surface area contributed by atoms with E-state index in [1.807, 2.05) is 0 Å². The van der Waals surface area contributed by atoms with Crippen molar-refractivity contribution in [2.24, 2.45) is 0 Å². The lowest BCUT2D eigenvalue weighted by atomic mass is 9.89. The van der Waals surface area contributed by atoms with Gasteiger partial charge in [-0.25, -0.2) is 0 Å². The van der Waals surface area contributed by atoms with Gasteiger partial charge in [-0.1, -0.05) is 127 Å². The van der Waals surface area contributed by atoms with Crippen molar-refractivity contribution in [2.75, 3.05) is 0 Å². The molecule has 0 bridgehead atoms. The van der Waals surface area contributed by atoms with E-state index in [1.54, 1.807) is 0 Å². The molecular weight excluding hydrogens is 556 g/mol. The van der Waals surface area contributed by atoms with Gasteiger partial charge in [-0.15, -0.1) is 0 Å². The summed E-state index contributed by atoms with van der Waals surface area (Å²) in [6, 6.07) is 59.7. The molecule has 10 rings (SSSR count). The van der Waals surface area contributed by atoms with Crippen LogP contribution in [0.4, 0.5) is 0 Å². The van der Waals surface area contributed by atoms with Gasteiger partial charge in [0.25, 0.3) is 0 Å². The number of hydrogen-bond acceptors (Lipinski definition) is 0. The van der Waals surface area contributed by atoms with E-state index in [1.165, 1.54) is 87.6 Å². The molecule has 0 aliphatic carbocycles. The van der Waals surface area contributed by atoms with Crippen LogP contribution in [0.25, 0.3) is 93.1 Å². The van der Waals surface area contributed by atoms with E-state index in [0.29, 0.717) is 0 Å². The van der Waals surface area contributed by atoms with Crippen molar-refractivity contribution in [2.45, 2.75) is 0 Å². The molecule has 8 aromatic carbocycles. The largest absolute Gasteiger partial charge is 0.354 e. The van der Waals surface area contributed by atoms with E-state index < -0.39 is 0 Å². The number of benzene rings is 8. The highest BCUT2D eigenvalue weighted by molar-refractivity contribution is 6.23. The molecule has 0 aliphatic heterocycles. The summed E-state index contributed by atoms with van der Waals surface area (Å²) in [6.45, 7) is 0. The molecule has 0 saturated heterocycles. The molecule has 0 fully saturated rings. The molecule has 1 N–H and O–H groups in total. The maximum absolute atomic E-state index is 3.64. The van der Waals surface area contributed by atoms with Gasteiger partial charge >= 0.3 is 0 Å². The number of para-hydroxylation sites is 3. The lowest BCUT2D eigenvalue weighted by molar-refractivity contribution is 1.19. The quantitative estimate of drug-likeness (QED) is 0.213. The van der Waals surface area contributed by atoms with E-state index in [0.717, 1.165) is 5.52 Å². The topological polar surface area (TPSA) is 20.7 Å². The Balaban J connectivity index is 1.25. The van der Waals surface area contributed by atoms with Gasteiger partial charge in [0.1, 0.15) is 0 Å². The summed E-state index contributed by atoms with van der Waals surface area (Å²) in [5, 5.41) is 10.1. The molecule has 0 spiro atoms.